The van der Waals surface area contributed by atoms with Crippen molar-refractivity contribution in [2.45, 2.75) is 58.3 Å². The van der Waals surface area contributed by atoms with Crippen LogP contribution in [0.5, 0.6) is 0 Å². The molecule has 0 radical (unpaired) electrons. The first-order chi connectivity index (χ1) is 15.4. The van der Waals surface area contributed by atoms with Crippen molar-refractivity contribution >= 4 is 17.4 Å². The van der Waals surface area contributed by atoms with E-state index in [-0.39, 0.29) is 23.2 Å². The first-order valence-corrected chi connectivity index (χ1v) is 11.8. The van der Waals surface area contributed by atoms with E-state index in [1.54, 1.807) is 18.2 Å². The maximum Gasteiger partial charge on any atom is 0.226 e. The monoisotopic (exact) mass is 438 g/mol. The molecule has 5 heteroatoms. The molecule has 1 amide bonds. The molecular formula is C27H35FN2O2. The number of piperidine rings is 1. The van der Waals surface area contributed by atoms with Gasteiger partial charge in [-0.25, -0.2) is 4.39 Å². The van der Waals surface area contributed by atoms with Gasteiger partial charge in [-0.15, -0.1) is 0 Å². The Morgan fingerprint density at radius 2 is 1.78 bits per heavy atom. The maximum absolute atomic E-state index is 13.7. The van der Waals surface area contributed by atoms with Gasteiger partial charge >= 0.3 is 0 Å². The standard InChI is InChI=1S/C27H35FN2O2/c1-20(2)27(32)29-23-10-8-9-22(19-23)21-14-17-30(18-15-21)16-7-3-4-13-26(31)24-11-5-6-12-25(24)28/h5-6,8-12,19-21H,3-4,7,13-18H2,1-2H3,(H,29,32). The van der Waals surface area contributed by atoms with Crippen LogP contribution in [0.4, 0.5) is 10.1 Å². The Morgan fingerprint density at radius 1 is 1.03 bits per heavy atom. The van der Waals surface area contributed by atoms with Gasteiger partial charge in [0.2, 0.25) is 5.91 Å². The number of carbonyl (C=O) groups excluding carboxylic acids is 2. The van der Waals surface area contributed by atoms with Crippen molar-refractivity contribution in [1.29, 1.82) is 0 Å². The van der Waals surface area contributed by atoms with Crippen LogP contribution in [0.2, 0.25) is 0 Å². The predicted molar refractivity (Wildman–Crippen MR) is 128 cm³/mol. The Labute approximate surface area is 191 Å². The second-order valence-corrected chi connectivity index (χ2v) is 9.10. The minimum atomic E-state index is -0.423. The molecule has 32 heavy (non-hydrogen) atoms. The van der Waals surface area contributed by atoms with Gasteiger partial charge in [-0.1, -0.05) is 44.5 Å². The second-order valence-electron chi connectivity index (χ2n) is 9.10. The number of carbonyl (C=O) groups is 2. The lowest BCUT2D eigenvalue weighted by Crippen LogP contribution is -2.33. The number of unbranched alkanes of at least 4 members (excludes halogenated alkanes) is 2. The first-order valence-electron chi connectivity index (χ1n) is 11.8. The summed E-state index contributed by atoms with van der Waals surface area (Å²) in [6, 6.07) is 14.5. The number of anilines is 1. The number of likely N-dealkylation sites (tertiary alicyclic amines) is 1. The molecule has 0 spiro atoms. The Balaban J connectivity index is 1.35. The van der Waals surface area contributed by atoms with Crippen LogP contribution in [0, 0.1) is 11.7 Å². The molecule has 0 aliphatic carbocycles. The third kappa shape index (κ3) is 6.99. The van der Waals surface area contributed by atoms with Crippen LogP contribution in [-0.4, -0.2) is 36.2 Å². The van der Waals surface area contributed by atoms with Gasteiger partial charge in [0.1, 0.15) is 5.82 Å². The second kappa shape index (κ2) is 11.9. The summed E-state index contributed by atoms with van der Waals surface area (Å²) < 4.78 is 13.7. The van der Waals surface area contributed by atoms with Gasteiger partial charge in [0.05, 0.1) is 5.56 Å². The number of amides is 1. The first kappa shape index (κ1) is 24.1. The minimum absolute atomic E-state index is 0.0282. The van der Waals surface area contributed by atoms with E-state index < -0.39 is 5.82 Å². The number of Topliss-reactive ketones (excluding diaryl/α,β-unsaturated/α-hetero) is 1. The van der Waals surface area contributed by atoms with Gasteiger partial charge in [0.15, 0.2) is 5.78 Å². The van der Waals surface area contributed by atoms with Crippen LogP contribution in [0.25, 0.3) is 0 Å². The van der Waals surface area contributed by atoms with Crippen LogP contribution in [-0.2, 0) is 4.79 Å². The molecule has 2 aromatic rings. The highest BCUT2D eigenvalue weighted by molar-refractivity contribution is 5.96. The van der Waals surface area contributed by atoms with Crippen LogP contribution in [0.1, 0.15) is 74.2 Å². The molecule has 1 N–H and O–H groups in total. The van der Waals surface area contributed by atoms with Crippen molar-refractivity contribution in [3.05, 3.63) is 65.5 Å². The minimum Gasteiger partial charge on any atom is -0.326 e. The number of rotatable bonds is 10. The molecule has 1 fully saturated rings. The summed E-state index contributed by atoms with van der Waals surface area (Å²) in [5.41, 5.74) is 2.40. The fourth-order valence-electron chi connectivity index (χ4n) is 4.27. The Kier molecular flexibility index (Phi) is 8.98. The quantitative estimate of drug-likeness (QED) is 0.363. The summed E-state index contributed by atoms with van der Waals surface area (Å²) in [4.78, 5) is 26.6. The number of nitrogens with one attached hydrogen (secondary N) is 1. The fraction of sp³-hybridized carbons (Fsp3) is 0.481. The highest BCUT2D eigenvalue weighted by Crippen LogP contribution is 2.29. The summed E-state index contributed by atoms with van der Waals surface area (Å²) in [6.07, 6.45) is 5.50. The molecule has 172 valence electrons. The van der Waals surface area contributed by atoms with E-state index in [4.69, 9.17) is 0 Å². The van der Waals surface area contributed by atoms with E-state index in [0.717, 1.165) is 57.4 Å². The molecule has 0 atom stereocenters. The van der Waals surface area contributed by atoms with Crippen molar-refractivity contribution < 1.29 is 14.0 Å². The van der Waals surface area contributed by atoms with Gasteiger partial charge < -0.3 is 10.2 Å². The van der Waals surface area contributed by atoms with Crippen LogP contribution in [0.3, 0.4) is 0 Å². The van der Waals surface area contributed by atoms with E-state index in [1.807, 2.05) is 26.0 Å². The molecule has 2 aromatic carbocycles. The lowest BCUT2D eigenvalue weighted by atomic mass is 9.89. The summed E-state index contributed by atoms with van der Waals surface area (Å²) in [7, 11) is 0. The molecule has 1 aliphatic rings. The number of hydrogen-bond donors (Lipinski definition) is 1. The molecule has 0 saturated carbocycles. The van der Waals surface area contributed by atoms with E-state index in [0.29, 0.717) is 12.3 Å². The van der Waals surface area contributed by atoms with E-state index >= 15 is 0 Å². The van der Waals surface area contributed by atoms with Gasteiger partial charge in [0.25, 0.3) is 0 Å². The number of ketones is 1. The number of nitrogens with zero attached hydrogens (tertiary/aromatic N) is 1. The molecule has 0 aromatic heterocycles. The van der Waals surface area contributed by atoms with Crippen molar-refractivity contribution in [3.63, 3.8) is 0 Å². The van der Waals surface area contributed by atoms with Crippen LogP contribution >= 0.6 is 0 Å². The van der Waals surface area contributed by atoms with Gasteiger partial charge in [-0.3, -0.25) is 9.59 Å². The fourth-order valence-corrected chi connectivity index (χ4v) is 4.27. The van der Waals surface area contributed by atoms with E-state index in [1.165, 1.54) is 11.6 Å². The predicted octanol–water partition coefficient (Wildman–Crippen LogP) is 6.04. The Bertz CT molecular complexity index is 904. The van der Waals surface area contributed by atoms with Crippen molar-refractivity contribution in [3.8, 4) is 0 Å². The third-order valence-electron chi connectivity index (χ3n) is 6.29. The molecule has 1 aliphatic heterocycles. The zero-order valence-corrected chi connectivity index (χ0v) is 19.3. The summed E-state index contributed by atoms with van der Waals surface area (Å²) in [6.45, 7) is 6.99. The molecule has 0 bridgehead atoms. The van der Waals surface area contributed by atoms with Crippen LogP contribution < -0.4 is 5.32 Å². The summed E-state index contributed by atoms with van der Waals surface area (Å²) >= 11 is 0. The summed E-state index contributed by atoms with van der Waals surface area (Å²) in [5.74, 6) is 0.0246. The Hall–Kier alpha value is -2.53. The van der Waals surface area contributed by atoms with E-state index in [9.17, 15) is 14.0 Å². The average molecular weight is 439 g/mol. The van der Waals surface area contributed by atoms with Crippen molar-refractivity contribution in [1.82, 2.24) is 4.90 Å². The molecule has 1 heterocycles. The highest BCUT2D eigenvalue weighted by atomic mass is 19.1. The number of halogens is 1. The Morgan fingerprint density at radius 3 is 2.50 bits per heavy atom. The zero-order valence-electron chi connectivity index (χ0n) is 19.3. The van der Waals surface area contributed by atoms with Crippen molar-refractivity contribution in [2.75, 3.05) is 25.0 Å². The molecular weight excluding hydrogens is 403 g/mol. The van der Waals surface area contributed by atoms with Gasteiger partial charge in [0, 0.05) is 18.0 Å². The normalized spacial score (nSPS) is 15.1. The number of hydrogen-bond acceptors (Lipinski definition) is 3. The lowest BCUT2D eigenvalue weighted by molar-refractivity contribution is -0.118. The molecule has 4 nitrogen and oxygen atoms in total. The molecule has 1 saturated heterocycles. The molecule has 3 rings (SSSR count). The third-order valence-corrected chi connectivity index (χ3v) is 6.29. The van der Waals surface area contributed by atoms with Crippen molar-refractivity contribution in [2.24, 2.45) is 5.92 Å². The lowest BCUT2D eigenvalue weighted by Gasteiger charge is -2.32. The SMILES string of the molecule is CC(C)C(=O)Nc1cccc(C2CCN(CCCCCC(=O)c3ccccc3F)CC2)c1. The van der Waals surface area contributed by atoms with Crippen LogP contribution in [0.15, 0.2) is 48.5 Å². The summed E-state index contributed by atoms with van der Waals surface area (Å²) in [5, 5.41) is 3.00. The smallest absolute Gasteiger partial charge is 0.226 e. The largest absolute Gasteiger partial charge is 0.326 e. The maximum atomic E-state index is 13.7. The van der Waals surface area contributed by atoms with Gasteiger partial charge in [-0.2, -0.15) is 0 Å². The average Bonchev–Trinajstić information content (AvgIpc) is 2.79. The molecule has 0 unspecified atom stereocenters. The van der Waals surface area contributed by atoms with Gasteiger partial charge in [-0.05, 0) is 81.1 Å². The number of benzene rings is 2. The zero-order chi connectivity index (χ0) is 22.9. The van der Waals surface area contributed by atoms with E-state index in [2.05, 4.69) is 22.3 Å². The topological polar surface area (TPSA) is 49.4 Å². The highest BCUT2D eigenvalue weighted by Gasteiger charge is 2.21.